The predicted molar refractivity (Wildman–Crippen MR) is 89.2 cm³/mol. The third kappa shape index (κ3) is 3.15. The Morgan fingerprint density at radius 1 is 1.04 bits per heavy atom. The summed E-state index contributed by atoms with van der Waals surface area (Å²) >= 11 is 0. The van der Waals surface area contributed by atoms with Gasteiger partial charge in [-0.15, -0.1) is 0 Å². The van der Waals surface area contributed by atoms with Gasteiger partial charge in [0.15, 0.2) is 11.3 Å². The van der Waals surface area contributed by atoms with Gasteiger partial charge in [-0.1, -0.05) is 42.5 Å². The zero-order chi connectivity index (χ0) is 16.9. The van der Waals surface area contributed by atoms with E-state index in [2.05, 4.69) is 0 Å². The standard InChI is InChI=1S/C19H16O5/c1-2-22-18(20)16-17(23-12-13-8-4-3-5-9-13)14-10-6-7-11-15(14)24-19(16)21/h3-11H,2,12H2,1H3. The summed E-state index contributed by atoms with van der Waals surface area (Å²) in [7, 11) is 0. The van der Waals surface area contributed by atoms with E-state index in [-0.39, 0.29) is 24.5 Å². The van der Waals surface area contributed by atoms with Crippen molar-refractivity contribution < 1.29 is 18.7 Å². The van der Waals surface area contributed by atoms with Gasteiger partial charge in [0.05, 0.1) is 12.0 Å². The fraction of sp³-hybridized carbons (Fsp3) is 0.158. The highest BCUT2D eigenvalue weighted by Gasteiger charge is 2.23. The van der Waals surface area contributed by atoms with Gasteiger partial charge in [-0.25, -0.2) is 9.59 Å². The number of benzene rings is 2. The molecule has 0 atom stereocenters. The predicted octanol–water partition coefficient (Wildman–Crippen LogP) is 3.55. The maximum absolute atomic E-state index is 12.2. The summed E-state index contributed by atoms with van der Waals surface area (Å²) in [5.41, 5.74) is 0.296. The zero-order valence-corrected chi connectivity index (χ0v) is 13.2. The summed E-state index contributed by atoms with van der Waals surface area (Å²) in [6, 6.07) is 16.4. The highest BCUT2D eigenvalue weighted by atomic mass is 16.5. The Kier molecular flexibility index (Phi) is 4.61. The van der Waals surface area contributed by atoms with Crippen molar-refractivity contribution >= 4 is 16.9 Å². The van der Waals surface area contributed by atoms with E-state index in [0.29, 0.717) is 11.0 Å². The molecule has 5 heteroatoms. The van der Waals surface area contributed by atoms with E-state index in [9.17, 15) is 9.59 Å². The minimum absolute atomic E-state index is 0.156. The average molecular weight is 324 g/mol. The lowest BCUT2D eigenvalue weighted by atomic mass is 10.1. The van der Waals surface area contributed by atoms with E-state index >= 15 is 0 Å². The first-order valence-corrected chi connectivity index (χ1v) is 7.60. The number of para-hydroxylation sites is 1. The van der Waals surface area contributed by atoms with E-state index < -0.39 is 11.6 Å². The average Bonchev–Trinajstić information content (AvgIpc) is 2.60. The van der Waals surface area contributed by atoms with Crippen molar-refractivity contribution in [2.75, 3.05) is 6.61 Å². The molecule has 0 aliphatic rings. The van der Waals surface area contributed by atoms with Crippen molar-refractivity contribution in [3.63, 3.8) is 0 Å². The number of carbonyl (C=O) groups is 1. The largest absolute Gasteiger partial charge is 0.487 e. The first-order valence-electron chi connectivity index (χ1n) is 7.60. The number of carbonyl (C=O) groups excluding carboxylic acids is 1. The molecule has 0 aliphatic carbocycles. The van der Waals surface area contributed by atoms with Crippen LogP contribution in [-0.2, 0) is 11.3 Å². The van der Waals surface area contributed by atoms with Crippen LogP contribution in [0.5, 0.6) is 5.75 Å². The van der Waals surface area contributed by atoms with Gasteiger partial charge in [0, 0.05) is 0 Å². The summed E-state index contributed by atoms with van der Waals surface area (Å²) in [5.74, 6) is -0.566. The number of fused-ring (bicyclic) bond motifs is 1. The Bertz CT molecular complexity index is 912. The van der Waals surface area contributed by atoms with Gasteiger partial charge in [-0.3, -0.25) is 0 Å². The molecule has 0 N–H and O–H groups in total. The van der Waals surface area contributed by atoms with Gasteiger partial charge >= 0.3 is 11.6 Å². The normalized spacial score (nSPS) is 10.5. The minimum Gasteiger partial charge on any atom is -0.487 e. The van der Waals surface area contributed by atoms with E-state index in [1.54, 1.807) is 31.2 Å². The van der Waals surface area contributed by atoms with E-state index in [0.717, 1.165) is 5.56 Å². The second kappa shape index (κ2) is 7.00. The fourth-order valence-corrected chi connectivity index (χ4v) is 2.38. The molecule has 3 rings (SSSR count). The Morgan fingerprint density at radius 3 is 2.50 bits per heavy atom. The molecule has 0 bridgehead atoms. The van der Waals surface area contributed by atoms with Crippen molar-refractivity contribution in [1.82, 2.24) is 0 Å². The first kappa shape index (κ1) is 15.8. The van der Waals surface area contributed by atoms with Crippen LogP contribution in [0.3, 0.4) is 0 Å². The van der Waals surface area contributed by atoms with Crippen LogP contribution in [0.15, 0.2) is 63.8 Å². The Balaban J connectivity index is 2.09. The topological polar surface area (TPSA) is 65.7 Å². The molecule has 0 saturated heterocycles. The van der Waals surface area contributed by atoms with Crippen LogP contribution in [0.1, 0.15) is 22.8 Å². The second-order valence-electron chi connectivity index (χ2n) is 5.08. The van der Waals surface area contributed by atoms with Crippen LogP contribution in [0.2, 0.25) is 0 Å². The fourth-order valence-electron chi connectivity index (χ4n) is 2.38. The Hall–Kier alpha value is -3.08. The van der Waals surface area contributed by atoms with Gasteiger partial charge in [0.25, 0.3) is 0 Å². The van der Waals surface area contributed by atoms with Crippen LogP contribution >= 0.6 is 0 Å². The molecule has 0 unspecified atom stereocenters. The molecular formula is C19H16O5. The molecule has 2 aromatic carbocycles. The molecule has 1 heterocycles. The highest BCUT2D eigenvalue weighted by molar-refractivity contribution is 5.98. The van der Waals surface area contributed by atoms with Crippen molar-refractivity contribution in [1.29, 1.82) is 0 Å². The van der Waals surface area contributed by atoms with Crippen LogP contribution in [0.25, 0.3) is 11.0 Å². The molecule has 1 aromatic heterocycles. The maximum Gasteiger partial charge on any atom is 0.354 e. The first-order chi connectivity index (χ1) is 11.7. The number of hydrogen-bond donors (Lipinski definition) is 0. The number of hydrogen-bond acceptors (Lipinski definition) is 5. The third-order valence-electron chi connectivity index (χ3n) is 3.47. The summed E-state index contributed by atoms with van der Waals surface area (Å²) in [4.78, 5) is 24.4. The third-order valence-corrected chi connectivity index (χ3v) is 3.47. The van der Waals surface area contributed by atoms with E-state index in [1.807, 2.05) is 30.3 Å². The minimum atomic E-state index is -0.768. The van der Waals surface area contributed by atoms with Crippen molar-refractivity contribution in [3.05, 3.63) is 76.1 Å². The molecule has 3 aromatic rings. The molecule has 0 amide bonds. The van der Waals surface area contributed by atoms with Gasteiger partial charge < -0.3 is 13.9 Å². The molecule has 122 valence electrons. The Morgan fingerprint density at radius 2 is 1.75 bits per heavy atom. The lowest BCUT2D eigenvalue weighted by Gasteiger charge is -2.12. The summed E-state index contributed by atoms with van der Waals surface area (Å²) in [6.07, 6.45) is 0. The van der Waals surface area contributed by atoms with Gasteiger partial charge in [0.2, 0.25) is 0 Å². The zero-order valence-electron chi connectivity index (χ0n) is 13.2. The quantitative estimate of drug-likeness (QED) is 0.530. The van der Waals surface area contributed by atoms with Crippen molar-refractivity contribution in [3.8, 4) is 5.75 Å². The number of rotatable bonds is 5. The van der Waals surface area contributed by atoms with E-state index in [1.165, 1.54) is 0 Å². The SMILES string of the molecule is CCOC(=O)c1c(OCc2ccccc2)c2ccccc2oc1=O. The van der Waals surface area contributed by atoms with Crippen LogP contribution < -0.4 is 10.4 Å². The maximum atomic E-state index is 12.2. The van der Waals surface area contributed by atoms with Gasteiger partial charge in [-0.05, 0) is 24.6 Å². The monoisotopic (exact) mass is 324 g/mol. The van der Waals surface area contributed by atoms with Gasteiger partial charge in [0.1, 0.15) is 12.2 Å². The van der Waals surface area contributed by atoms with Crippen molar-refractivity contribution in [2.45, 2.75) is 13.5 Å². The molecule has 0 fully saturated rings. The Labute approximate surface area is 138 Å². The number of ether oxygens (including phenoxy) is 2. The molecule has 5 nitrogen and oxygen atoms in total. The molecule has 0 saturated carbocycles. The lowest BCUT2D eigenvalue weighted by molar-refractivity contribution is 0.0516. The lowest BCUT2D eigenvalue weighted by Crippen LogP contribution is -2.19. The van der Waals surface area contributed by atoms with Crippen molar-refractivity contribution in [2.24, 2.45) is 0 Å². The molecule has 24 heavy (non-hydrogen) atoms. The molecule has 0 spiro atoms. The summed E-state index contributed by atoms with van der Waals surface area (Å²) in [5, 5.41) is 0.552. The molecule has 0 aliphatic heterocycles. The molecule has 0 radical (unpaired) electrons. The van der Waals surface area contributed by atoms with Crippen LogP contribution in [0.4, 0.5) is 0 Å². The van der Waals surface area contributed by atoms with Crippen LogP contribution in [0, 0.1) is 0 Å². The van der Waals surface area contributed by atoms with Gasteiger partial charge in [-0.2, -0.15) is 0 Å². The van der Waals surface area contributed by atoms with E-state index in [4.69, 9.17) is 13.9 Å². The summed E-state index contributed by atoms with van der Waals surface area (Å²) in [6.45, 7) is 2.05. The second-order valence-corrected chi connectivity index (χ2v) is 5.08. The number of esters is 1. The van der Waals surface area contributed by atoms with Crippen LogP contribution in [-0.4, -0.2) is 12.6 Å². The highest BCUT2D eigenvalue weighted by Crippen LogP contribution is 2.28. The molecular weight excluding hydrogens is 308 g/mol. The smallest absolute Gasteiger partial charge is 0.354 e. The summed E-state index contributed by atoms with van der Waals surface area (Å²) < 4.78 is 16.0.